The molecule has 0 aromatic heterocycles. The van der Waals surface area contributed by atoms with Gasteiger partial charge in [-0.2, -0.15) is 0 Å². The highest BCUT2D eigenvalue weighted by molar-refractivity contribution is 6.28. The summed E-state index contributed by atoms with van der Waals surface area (Å²) in [7, 11) is 3.91. The van der Waals surface area contributed by atoms with E-state index < -0.39 is 5.97 Å². The SMILES string of the molecule is CN(C)CCNC=C1C(=O)ON=C1c1cccc(F)c1. The van der Waals surface area contributed by atoms with Gasteiger partial charge in [-0.1, -0.05) is 17.3 Å². The van der Waals surface area contributed by atoms with Crippen molar-refractivity contribution in [2.24, 2.45) is 5.16 Å². The minimum absolute atomic E-state index is 0.300. The summed E-state index contributed by atoms with van der Waals surface area (Å²) in [6, 6.07) is 5.89. The van der Waals surface area contributed by atoms with E-state index in [0.717, 1.165) is 6.54 Å². The fraction of sp³-hybridized carbons (Fsp3) is 0.286. The lowest BCUT2D eigenvalue weighted by atomic mass is 10.0. The second kappa shape index (κ2) is 6.29. The lowest BCUT2D eigenvalue weighted by molar-refractivity contribution is -0.136. The van der Waals surface area contributed by atoms with Crippen LogP contribution in [0.5, 0.6) is 0 Å². The third kappa shape index (κ3) is 3.42. The Morgan fingerprint density at radius 1 is 1.45 bits per heavy atom. The van der Waals surface area contributed by atoms with Gasteiger partial charge in [0.05, 0.1) is 0 Å². The molecule has 1 N–H and O–H groups in total. The van der Waals surface area contributed by atoms with Crippen LogP contribution in [-0.4, -0.2) is 43.8 Å². The molecule has 0 amide bonds. The molecule has 0 unspecified atom stereocenters. The summed E-state index contributed by atoms with van der Waals surface area (Å²) in [5, 5.41) is 6.73. The van der Waals surface area contributed by atoms with Crippen LogP contribution < -0.4 is 5.32 Å². The van der Waals surface area contributed by atoms with Crippen molar-refractivity contribution in [3.8, 4) is 0 Å². The van der Waals surface area contributed by atoms with Crippen LogP contribution in [0.1, 0.15) is 5.56 Å². The number of carbonyl (C=O) groups excluding carboxylic acids is 1. The van der Waals surface area contributed by atoms with Crippen molar-refractivity contribution in [1.29, 1.82) is 0 Å². The van der Waals surface area contributed by atoms with Gasteiger partial charge in [0.25, 0.3) is 0 Å². The number of hydrogen-bond acceptors (Lipinski definition) is 5. The molecule has 1 aromatic rings. The monoisotopic (exact) mass is 277 g/mol. The van der Waals surface area contributed by atoms with Gasteiger partial charge in [-0.15, -0.1) is 0 Å². The Morgan fingerprint density at radius 2 is 2.25 bits per heavy atom. The molecule has 1 aliphatic rings. The lowest BCUT2D eigenvalue weighted by Gasteiger charge is -2.09. The highest BCUT2D eigenvalue weighted by Crippen LogP contribution is 2.17. The van der Waals surface area contributed by atoms with Crippen LogP contribution in [-0.2, 0) is 9.63 Å². The predicted octanol–water partition coefficient (Wildman–Crippen LogP) is 1.12. The molecule has 0 atom stereocenters. The molecule has 0 fully saturated rings. The van der Waals surface area contributed by atoms with Gasteiger partial charge < -0.3 is 15.1 Å². The van der Waals surface area contributed by atoms with Gasteiger partial charge in [0.2, 0.25) is 0 Å². The second-order valence-electron chi connectivity index (χ2n) is 4.64. The molecular weight excluding hydrogens is 261 g/mol. The van der Waals surface area contributed by atoms with Gasteiger partial charge in [-0.05, 0) is 26.2 Å². The van der Waals surface area contributed by atoms with Crippen LogP contribution >= 0.6 is 0 Å². The normalized spacial score (nSPS) is 16.5. The third-order valence-corrected chi connectivity index (χ3v) is 2.74. The average molecular weight is 277 g/mol. The average Bonchev–Trinajstić information content (AvgIpc) is 2.76. The summed E-state index contributed by atoms with van der Waals surface area (Å²) in [5.41, 5.74) is 1.15. The van der Waals surface area contributed by atoms with Crippen molar-refractivity contribution in [3.05, 3.63) is 47.4 Å². The van der Waals surface area contributed by atoms with Gasteiger partial charge in [0.15, 0.2) is 0 Å². The molecule has 0 saturated carbocycles. The predicted molar refractivity (Wildman–Crippen MR) is 73.7 cm³/mol. The van der Waals surface area contributed by atoms with E-state index in [1.54, 1.807) is 18.3 Å². The number of nitrogens with one attached hydrogen (secondary N) is 1. The number of hydrogen-bond donors (Lipinski definition) is 1. The number of likely N-dealkylation sites (N-methyl/N-ethyl adjacent to an activating group) is 1. The Bertz CT molecular complexity index is 567. The Balaban J connectivity index is 2.12. The van der Waals surface area contributed by atoms with Crippen LogP contribution in [0.2, 0.25) is 0 Å². The highest BCUT2D eigenvalue weighted by Gasteiger charge is 2.26. The summed E-state index contributed by atoms with van der Waals surface area (Å²) in [6.45, 7) is 1.51. The molecule has 2 rings (SSSR count). The van der Waals surface area contributed by atoms with E-state index in [4.69, 9.17) is 0 Å². The molecule has 106 valence electrons. The van der Waals surface area contributed by atoms with Crippen molar-refractivity contribution in [2.45, 2.75) is 0 Å². The molecule has 0 radical (unpaired) electrons. The zero-order chi connectivity index (χ0) is 14.5. The van der Waals surface area contributed by atoms with Crippen molar-refractivity contribution in [1.82, 2.24) is 10.2 Å². The van der Waals surface area contributed by atoms with Crippen LogP contribution in [0, 0.1) is 5.82 Å². The molecule has 20 heavy (non-hydrogen) atoms. The smallest absolute Gasteiger partial charge is 0.369 e. The van der Waals surface area contributed by atoms with Crippen molar-refractivity contribution in [2.75, 3.05) is 27.2 Å². The van der Waals surface area contributed by atoms with Crippen molar-refractivity contribution >= 4 is 11.7 Å². The van der Waals surface area contributed by atoms with Crippen LogP contribution in [0.25, 0.3) is 0 Å². The summed E-state index contributed by atoms with van der Waals surface area (Å²) < 4.78 is 13.2. The number of rotatable bonds is 5. The maximum Gasteiger partial charge on any atom is 0.369 e. The number of carbonyl (C=O) groups is 1. The third-order valence-electron chi connectivity index (χ3n) is 2.74. The van der Waals surface area contributed by atoms with Gasteiger partial charge in [0, 0.05) is 24.9 Å². The fourth-order valence-corrected chi connectivity index (χ4v) is 1.72. The Labute approximate surface area is 116 Å². The second-order valence-corrected chi connectivity index (χ2v) is 4.64. The summed E-state index contributed by atoms with van der Waals surface area (Å²) in [5.74, 6) is -0.925. The molecule has 0 saturated heterocycles. The van der Waals surface area contributed by atoms with Crippen LogP contribution in [0.15, 0.2) is 41.2 Å². The number of nitrogens with zero attached hydrogens (tertiary/aromatic N) is 2. The van der Waals surface area contributed by atoms with Gasteiger partial charge >= 0.3 is 5.97 Å². The maximum absolute atomic E-state index is 13.2. The fourth-order valence-electron chi connectivity index (χ4n) is 1.72. The Kier molecular flexibility index (Phi) is 4.47. The Hall–Kier alpha value is -2.21. The minimum Gasteiger partial charge on any atom is -0.389 e. The van der Waals surface area contributed by atoms with E-state index in [1.165, 1.54) is 12.1 Å². The summed E-state index contributed by atoms with van der Waals surface area (Å²) >= 11 is 0. The number of oxime groups is 1. The molecular formula is C14H16FN3O2. The van der Waals surface area contributed by atoms with Gasteiger partial charge in [-0.25, -0.2) is 9.18 Å². The highest BCUT2D eigenvalue weighted by atomic mass is 19.1. The molecule has 5 nitrogen and oxygen atoms in total. The largest absolute Gasteiger partial charge is 0.389 e. The zero-order valence-corrected chi connectivity index (χ0v) is 11.4. The molecule has 6 heteroatoms. The summed E-state index contributed by atoms with van der Waals surface area (Å²) in [6.07, 6.45) is 1.56. The van der Waals surface area contributed by atoms with Crippen molar-refractivity contribution in [3.63, 3.8) is 0 Å². The van der Waals surface area contributed by atoms with Gasteiger partial charge in [-0.3, -0.25) is 0 Å². The topological polar surface area (TPSA) is 53.9 Å². The van der Waals surface area contributed by atoms with E-state index in [0.29, 0.717) is 23.4 Å². The Morgan fingerprint density at radius 3 is 2.95 bits per heavy atom. The lowest BCUT2D eigenvalue weighted by Crippen LogP contribution is -2.24. The quantitative estimate of drug-likeness (QED) is 0.498. The zero-order valence-electron chi connectivity index (χ0n) is 11.4. The molecule has 1 heterocycles. The first-order valence-electron chi connectivity index (χ1n) is 6.22. The van der Waals surface area contributed by atoms with Crippen molar-refractivity contribution < 1.29 is 14.0 Å². The maximum atomic E-state index is 13.2. The molecule has 0 aliphatic carbocycles. The van der Waals surface area contributed by atoms with Crippen LogP contribution in [0.3, 0.4) is 0 Å². The minimum atomic E-state index is -0.540. The van der Waals surface area contributed by atoms with E-state index >= 15 is 0 Å². The summed E-state index contributed by atoms with van der Waals surface area (Å²) in [4.78, 5) is 18.3. The standard InChI is InChI=1S/C14H16FN3O2/c1-18(2)7-6-16-9-12-13(17-20-14(12)19)10-4-3-5-11(15)8-10/h3-5,8-9,16H,6-7H2,1-2H3. The van der Waals surface area contributed by atoms with E-state index in [-0.39, 0.29) is 5.82 Å². The van der Waals surface area contributed by atoms with Gasteiger partial charge in [0.1, 0.15) is 17.1 Å². The molecule has 1 aromatic carbocycles. The first-order valence-corrected chi connectivity index (χ1v) is 6.22. The van der Waals surface area contributed by atoms with E-state index in [9.17, 15) is 9.18 Å². The van der Waals surface area contributed by atoms with E-state index in [1.807, 2.05) is 19.0 Å². The molecule has 0 spiro atoms. The van der Waals surface area contributed by atoms with Crippen LogP contribution in [0.4, 0.5) is 4.39 Å². The number of benzene rings is 1. The molecule has 1 aliphatic heterocycles. The number of halogens is 1. The van der Waals surface area contributed by atoms with E-state index in [2.05, 4.69) is 15.3 Å². The first-order chi connectivity index (χ1) is 9.58. The first kappa shape index (κ1) is 14.2. The molecule has 0 bridgehead atoms.